The zero-order valence-corrected chi connectivity index (χ0v) is 14.4. The lowest BCUT2D eigenvalue weighted by molar-refractivity contribution is -0.124. The van der Waals surface area contributed by atoms with Gasteiger partial charge in [0, 0.05) is 17.7 Å². The van der Waals surface area contributed by atoms with E-state index in [2.05, 4.69) is 10.3 Å². The summed E-state index contributed by atoms with van der Waals surface area (Å²) >= 11 is 0. The summed E-state index contributed by atoms with van der Waals surface area (Å²) < 4.78 is 1.98. The molecule has 1 fully saturated rings. The van der Waals surface area contributed by atoms with Gasteiger partial charge in [0.05, 0.1) is 17.7 Å². The van der Waals surface area contributed by atoms with E-state index >= 15 is 0 Å². The van der Waals surface area contributed by atoms with Crippen LogP contribution >= 0.6 is 0 Å². The molecule has 1 saturated heterocycles. The van der Waals surface area contributed by atoms with Crippen LogP contribution in [0.2, 0.25) is 0 Å². The van der Waals surface area contributed by atoms with Crippen LogP contribution in [0.5, 0.6) is 5.75 Å². The summed E-state index contributed by atoms with van der Waals surface area (Å²) in [6, 6.07) is 16.7. The van der Waals surface area contributed by atoms with E-state index in [1.165, 1.54) is 0 Å². The molecule has 0 saturated carbocycles. The molecule has 1 aromatic heterocycles. The number of imidazole rings is 1. The molecular weight excluding hydrogens is 326 g/mol. The predicted molar refractivity (Wildman–Crippen MR) is 101 cm³/mol. The number of phenols is 1. The SMILES string of the molecule is O=C1NCCCC[C@@H]1n1cnc(-c2ccccc2)c1-c1ccc(O)cc1. The Labute approximate surface area is 152 Å². The van der Waals surface area contributed by atoms with Crippen molar-refractivity contribution in [3.05, 3.63) is 60.9 Å². The topological polar surface area (TPSA) is 67.2 Å². The van der Waals surface area contributed by atoms with Gasteiger partial charge in [-0.25, -0.2) is 4.98 Å². The number of nitrogens with zero attached hydrogens (tertiary/aromatic N) is 2. The number of rotatable bonds is 3. The molecule has 0 bridgehead atoms. The first-order chi connectivity index (χ1) is 12.7. The summed E-state index contributed by atoms with van der Waals surface area (Å²) in [5, 5.41) is 12.7. The van der Waals surface area contributed by atoms with E-state index in [1.807, 2.05) is 47.0 Å². The van der Waals surface area contributed by atoms with Gasteiger partial charge >= 0.3 is 0 Å². The molecule has 0 aliphatic carbocycles. The zero-order chi connectivity index (χ0) is 17.9. The summed E-state index contributed by atoms with van der Waals surface area (Å²) in [6.45, 7) is 0.726. The minimum atomic E-state index is -0.272. The Morgan fingerprint density at radius 3 is 2.54 bits per heavy atom. The number of hydrogen-bond acceptors (Lipinski definition) is 3. The largest absolute Gasteiger partial charge is 0.508 e. The summed E-state index contributed by atoms with van der Waals surface area (Å²) in [5.74, 6) is 0.257. The normalized spacial score (nSPS) is 17.5. The number of amides is 1. The Bertz CT molecular complexity index is 901. The highest BCUT2D eigenvalue weighted by atomic mass is 16.3. The van der Waals surface area contributed by atoms with Crippen molar-refractivity contribution >= 4 is 5.91 Å². The maximum absolute atomic E-state index is 12.6. The molecule has 1 aliphatic rings. The van der Waals surface area contributed by atoms with E-state index in [1.54, 1.807) is 18.5 Å². The summed E-state index contributed by atoms with van der Waals surface area (Å²) in [7, 11) is 0. The smallest absolute Gasteiger partial charge is 0.243 e. The average molecular weight is 347 g/mol. The van der Waals surface area contributed by atoms with Crippen molar-refractivity contribution in [2.75, 3.05) is 6.54 Å². The fourth-order valence-corrected chi connectivity index (χ4v) is 3.50. The van der Waals surface area contributed by atoms with Gasteiger partial charge in [-0.15, -0.1) is 0 Å². The quantitative estimate of drug-likeness (QED) is 0.758. The Balaban J connectivity index is 1.88. The van der Waals surface area contributed by atoms with Crippen LogP contribution in [0.15, 0.2) is 60.9 Å². The van der Waals surface area contributed by atoms with Gasteiger partial charge in [-0.05, 0) is 43.5 Å². The van der Waals surface area contributed by atoms with Crippen LogP contribution in [-0.4, -0.2) is 27.1 Å². The molecular formula is C21H21N3O2. The minimum absolute atomic E-state index is 0.0412. The third-order valence-electron chi connectivity index (χ3n) is 4.82. The lowest BCUT2D eigenvalue weighted by Gasteiger charge is -2.19. The molecule has 132 valence electrons. The summed E-state index contributed by atoms with van der Waals surface area (Å²) in [4.78, 5) is 17.2. The number of aromatic hydroxyl groups is 1. The van der Waals surface area contributed by atoms with Crippen LogP contribution in [0, 0.1) is 0 Å². The zero-order valence-electron chi connectivity index (χ0n) is 14.4. The van der Waals surface area contributed by atoms with E-state index in [9.17, 15) is 9.90 Å². The van der Waals surface area contributed by atoms with Gasteiger partial charge in [0.2, 0.25) is 5.91 Å². The number of carbonyl (C=O) groups excluding carboxylic acids is 1. The molecule has 3 aromatic rings. The molecule has 4 rings (SSSR count). The van der Waals surface area contributed by atoms with Crippen molar-refractivity contribution in [3.8, 4) is 28.3 Å². The summed E-state index contributed by atoms with van der Waals surface area (Å²) in [6.07, 6.45) is 4.55. The average Bonchev–Trinajstić information content (AvgIpc) is 2.99. The van der Waals surface area contributed by atoms with Gasteiger partial charge in [-0.3, -0.25) is 4.79 Å². The van der Waals surface area contributed by atoms with E-state index in [0.29, 0.717) is 0 Å². The van der Waals surface area contributed by atoms with Gasteiger partial charge in [-0.2, -0.15) is 0 Å². The monoisotopic (exact) mass is 347 g/mol. The van der Waals surface area contributed by atoms with Crippen LogP contribution in [-0.2, 0) is 4.79 Å². The molecule has 2 N–H and O–H groups in total. The Kier molecular flexibility index (Phi) is 4.44. The van der Waals surface area contributed by atoms with E-state index in [0.717, 1.165) is 48.3 Å². The molecule has 1 aliphatic heterocycles. The second-order valence-corrected chi connectivity index (χ2v) is 6.56. The third kappa shape index (κ3) is 3.08. The van der Waals surface area contributed by atoms with Crippen molar-refractivity contribution in [1.82, 2.24) is 14.9 Å². The van der Waals surface area contributed by atoms with Crippen molar-refractivity contribution in [1.29, 1.82) is 0 Å². The molecule has 0 spiro atoms. The first-order valence-corrected chi connectivity index (χ1v) is 8.93. The first kappa shape index (κ1) is 16.4. The number of phenolic OH excluding ortho intramolecular Hbond substituents is 1. The Morgan fingerprint density at radius 1 is 1.00 bits per heavy atom. The molecule has 2 heterocycles. The highest BCUT2D eigenvalue weighted by Gasteiger charge is 2.27. The van der Waals surface area contributed by atoms with Crippen molar-refractivity contribution in [2.24, 2.45) is 0 Å². The Hall–Kier alpha value is -3.08. The molecule has 1 atom stereocenters. The molecule has 5 heteroatoms. The third-order valence-corrected chi connectivity index (χ3v) is 4.82. The lowest BCUT2D eigenvalue weighted by Crippen LogP contribution is -2.30. The molecule has 0 unspecified atom stereocenters. The molecule has 5 nitrogen and oxygen atoms in total. The second-order valence-electron chi connectivity index (χ2n) is 6.56. The van der Waals surface area contributed by atoms with Crippen molar-refractivity contribution in [3.63, 3.8) is 0 Å². The maximum atomic E-state index is 12.6. The number of aromatic nitrogens is 2. The van der Waals surface area contributed by atoms with Gasteiger partial charge in [-0.1, -0.05) is 30.3 Å². The van der Waals surface area contributed by atoms with Gasteiger partial charge in [0.1, 0.15) is 11.8 Å². The van der Waals surface area contributed by atoms with Crippen LogP contribution in [0.1, 0.15) is 25.3 Å². The highest BCUT2D eigenvalue weighted by Crippen LogP contribution is 2.35. The number of benzene rings is 2. The molecule has 1 amide bonds. The predicted octanol–water partition coefficient (Wildman–Crippen LogP) is 3.76. The fourth-order valence-electron chi connectivity index (χ4n) is 3.50. The van der Waals surface area contributed by atoms with Crippen LogP contribution in [0.25, 0.3) is 22.5 Å². The Morgan fingerprint density at radius 2 is 1.77 bits per heavy atom. The van der Waals surface area contributed by atoms with Crippen LogP contribution in [0.3, 0.4) is 0 Å². The van der Waals surface area contributed by atoms with Gasteiger partial charge in [0.15, 0.2) is 0 Å². The molecule has 26 heavy (non-hydrogen) atoms. The summed E-state index contributed by atoms with van der Waals surface area (Å²) in [5.41, 5.74) is 3.67. The van der Waals surface area contributed by atoms with Gasteiger partial charge < -0.3 is 15.0 Å². The number of hydrogen-bond donors (Lipinski definition) is 2. The van der Waals surface area contributed by atoms with E-state index in [-0.39, 0.29) is 17.7 Å². The fraction of sp³-hybridized carbons (Fsp3) is 0.238. The van der Waals surface area contributed by atoms with Crippen molar-refractivity contribution < 1.29 is 9.90 Å². The standard InChI is InChI=1S/C21H21N3O2/c25-17-11-9-16(10-12-17)20-19(15-6-2-1-3-7-15)23-14-24(20)18-8-4-5-13-22-21(18)26/h1-3,6-7,9-12,14,18,25H,4-5,8,13H2,(H,22,26)/t18-/m0/s1. The molecule has 2 aromatic carbocycles. The maximum Gasteiger partial charge on any atom is 0.243 e. The van der Waals surface area contributed by atoms with E-state index in [4.69, 9.17) is 0 Å². The molecule has 0 radical (unpaired) electrons. The number of nitrogens with one attached hydrogen (secondary N) is 1. The second kappa shape index (κ2) is 7.04. The van der Waals surface area contributed by atoms with Gasteiger partial charge in [0.25, 0.3) is 0 Å². The highest BCUT2D eigenvalue weighted by molar-refractivity contribution is 5.84. The lowest BCUT2D eigenvalue weighted by atomic mass is 10.0. The first-order valence-electron chi connectivity index (χ1n) is 8.93. The van der Waals surface area contributed by atoms with E-state index < -0.39 is 0 Å². The van der Waals surface area contributed by atoms with Crippen molar-refractivity contribution in [2.45, 2.75) is 25.3 Å². The van der Waals surface area contributed by atoms with Crippen LogP contribution in [0.4, 0.5) is 0 Å². The number of carbonyl (C=O) groups is 1. The van der Waals surface area contributed by atoms with Crippen LogP contribution < -0.4 is 5.32 Å². The minimum Gasteiger partial charge on any atom is -0.508 e.